The van der Waals surface area contributed by atoms with E-state index in [-0.39, 0.29) is 24.2 Å². The van der Waals surface area contributed by atoms with Crippen molar-refractivity contribution in [3.8, 4) is 6.07 Å². The highest BCUT2D eigenvalue weighted by Gasteiger charge is 2.29. The van der Waals surface area contributed by atoms with Gasteiger partial charge in [0.05, 0.1) is 17.7 Å². The lowest BCUT2D eigenvalue weighted by Gasteiger charge is -2.34. The first-order valence-electron chi connectivity index (χ1n) is 11.3. The molecule has 7 heteroatoms. The molecule has 3 rings (SSSR count). The monoisotopic (exact) mass is 447 g/mol. The molecule has 1 aliphatic rings. The number of likely N-dealkylation sites (tertiary alicyclic amines) is 1. The zero-order valence-electron chi connectivity index (χ0n) is 18.9. The summed E-state index contributed by atoms with van der Waals surface area (Å²) in [7, 11) is 0. The van der Waals surface area contributed by atoms with E-state index in [0.29, 0.717) is 43.5 Å². The summed E-state index contributed by atoms with van der Waals surface area (Å²) in [5.74, 6) is -0.574. The van der Waals surface area contributed by atoms with E-state index in [1.807, 2.05) is 18.2 Å². The van der Waals surface area contributed by atoms with E-state index in [2.05, 4.69) is 4.98 Å². The van der Waals surface area contributed by atoms with Crippen molar-refractivity contribution < 1.29 is 19.1 Å². The van der Waals surface area contributed by atoms with E-state index in [1.54, 1.807) is 48.5 Å². The minimum absolute atomic E-state index is 0.0416. The van der Waals surface area contributed by atoms with Crippen LogP contribution in [0.4, 0.5) is 0 Å². The molecule has 1 aromatic heterocycles. The molecule has 1 saturated heterocycles. The second kappa shape index (κ2) is 12.0. The van der Waals surface area contributed by atoms with Gasteiger partial charge in [-0.3, -0.25) is 14.6 Å². The van der Waals surface area contributed by atoms with Crippen molar-refractivity contribution in [2.24, 2.45) is 5.92 Å². The van der Waals surface area contributed by atoms with E-state index in [1.165, 1.54) is 0 Å². The lowest BCUT2D eigenvalue weighted by Crippen LogP contribution is -2.44. The second-order valence-electron chi connectivity index (χ2n) is 8.45. The minimum Gasteiger partial charge on any atom is -0.367 e. The molecule has 0 bridgehead atoms. The van der Waals surface area contributed by atoms with E-state index in [0.717, 1.165) is 18.3 Å². The number of pyridine rings is 1. The summed E-state index contributed by atoms with van der Waals surface area (Å²) in [6, 6.07) is 12.3. The number of nitriles is 1. The maximum absolute atomic E-state index is 12.8. The van der Waals surface area contributed by atoms with Gasteiger partial charge in [-0.05, 0) is 55.5 Å². The Morgan fingerprint density at radius 2 is 1.85 bits per heavy atom. The molecule has 1 amide bonds. The number of piperidine rings is 1. The summed E-state index contributed by atoms with van der Waals surface area (Å²) in [5.41, 5.74) is 2.12. The molecule has 33 heavy (non-hydrogen) atoms. The van der Waals surface area contributed by atoms with Gasteiger partial charge in [0.25, 0.3) is 0 Å². The van der Waals surface area contributed by atoms with Crippen molar-refractivity contribution in [3.63, 3.8) is 0 Å². The largest absolute Gasteiger partial charge is 0.367 e. The first-order chi connectivity index (χ1) is 16.0. The van der Waals surface area contributed by atoms with Crippen LogP contribution in [-0.4, -0.2) is 53.2 Å². The van der Waals surface area contributed by atoms with Crippen LogP contribution >= 0.6 is 0 Å². The number of ether oxygens (including phenoxy) is 1. The van der Waals surface area contributed by atoms with Gasteiger partial charge in [-0.1, -0.05) is 19.1 Å². The summed E-state index contributed by atoms with van der Waals surface area (Å²) in [5, 5.41) is 8.87. The number of ketones is 1. The number of hydrogen-bond donors (Lipinski definition) is 0. The van der Waals surface area contributed by atoms with E-state index >= 15 is 0 Å². The Hall–Kier alpha value is -3.37. The summed E-state index contributed by atoms with van der Waals surface area (Å²) in [6.45, 7) is 2.87. The van der Waals surface area contributed by atoms with Crippen molar-refractivity contribution >= 4 is 18.0 Å². The van der Waals surface area contributed by atoms with Gasteiger partial charge in [0.15, 0.2) is 5.78 Å². The van der Waals surface area contributed by atoms with E-state index < -0.39 is 12.0 Å². The van der Waals surface area contributed by atoms with Crippen LogP contribution in [0.1, 0.15) is 54.1 Å². The fraction of sp³-hybridized carbons (Fsp3) is 0.423. The third-order valence-corrected chi connectivity index (χ3v) is 5.99. The zero-order valence-corrected chi connectivity index (χ0v) is 18.9. The highest BCUT2D eigenvalue weighted by Crippen LogP contribution is 2.20. The number of carbonyl (C=O) groups excluding carboxylic acids is 3. The van der Waals surface area contributed by atoms with Gasteiger partial charge in [-0.25, -0.2) is 0 Å². The quantitative estimate of drug-likeness (QED) is 0.409. The maximum atomic E-state index is 12.8. The minimum atomic E-state index is -0.464. The number of rotatable bonds is 10. The van der Waals surface area contributed by atoms with Gasteiger partial charge in [-0.15, -0.1) is 0 Å². The molecular weight excluding hydrogens is 418 g/mol. The van der Waals surface area contributed by atoms with Crippen molar-refractivity contribution in [2.45, 2.75) is 51.2 Å². The van der Waals surface area contributed by atoms with Crippen molar-refractivity contribution in [1.82, 2.24) is 9.88 Å². The highest BCUT2D eigenvalue weighted by atomic mass is 16.5. The molecule has 1 aromatic carbocycles. The molecule has 0 aliphatic carbocycles. The molecule has 0 saturated carbocycles. The van der Waals surface area contributed by atoms with Crippen LogP contribution in [0.5, 0.6) is 0 Å². The fourth-order valence-corrected chi connectivity index (χ4v) is 4.01. The maximum Gasteiger partial charge on any atom is 0.225 e. The Morgan fingerprint density at radius 3 is 2.45 bits per heavy atom. The first-order valence-corrected chi connectivity index (χ1v) is 11.3. The van der Waals surface area contributed by atoms with Gasteiger partial charge in [-0.2, -0.15) is 5.26 Å². The summed E-state index contributed by atoms with van der Waals surface area (Å²) < 4.78 is 5.99. The first kappa shape index (κ1) is 24.3. The predicted octanol–water partition coefficient (Wildman–Crippen LogP) is 3.37. The number of carbonyl (C=O) groups is 3. The number of aryl methyl sites for hydroxylation is 1. The van der Waals surface area contributed by atoms with E-state index in [4.69, 9.17) is 10.00 Å². The lowest BCUT2D eigenvalue weighted by molar-refractivity contribution is -0.140. The van der Waals surface area contributed by atoms with Crippen LogP contribution in [-0.2, 0) is 20.7 Å². The van der Waals surface area contributed by atoms with Gasteiger partial charge in [0.1, 0.15) is 12.4 Å². The topological polar surface area (TPSA) is 100 Å². The van der Waals surface area contributed by atoms with Crippen molar-refractivity contribution in [2.75, 3.05) is 13.1 Å². The molecule has 0 radical (unpaired) electrons. The highest BCUT2D eigenvalue weighted by molar-refractivity contribution is 5.98. The molecule has 2 aromatic rings. The number of amides is 1. The van der Waals surface area contributed by atoms with Gasteiger partial charge in [0, 0.05) is 43.4 Å². The number of nitrogens with zero attached hydrogens (tertiary/aromatic N) is 3. The summed E-state index contributed by atoms with van der Waals surface area (Å²) >= 11 is 0. The average Bonchev–Trinajstić information content (AvgIpc) is 2.87. The molecule has 1 aliphatic heterocycles. The number of aromatic nitrogens is 1. The number of hydrogen-bond acceptors (Lipinski definition) is 6. The standard InChI is InChI=1S/C26H29N3O4/c1-19(16-25(31)22-5-2-21(17-27)3-6-22)26(32)29-14-10-23(11-15-29)33-24(18-30)7-4-20-8-12-28-13-9-20/h2-3,5-6,8-9,12-13,18-19,23-24H,4,7,10-11,14-16H2,1H3. The Balaban J connectivity index is 1.43. The average molecular weight is 448 g/mol. The predicted molar refractivity (Wildman–Crippen MR) is 122 cm³/mol. The molecule has 2 heterocycles. The van der Waals surface area contributed by atoms with Crippen LogP contribution < -0.4 is 0 Å². The molecule has 0 N–H and O–H groups in total. The molecule has 0 spiro atoms. The fourth-order valence-electron chi connectivity index (χ4n) is 4.01. The number of Topliss-reactive ketones (excluding diaryl/α,β-unsaturated/α-hetero) is 1. The molecule has 2 unspecified atom stereocenters. The smallest absolute Gasteiger partial charge is 0.225 e. The van der Waals surface area contributed by atoms with Gasteiger partial charge in [0.2, 0.25) is 5.91 Å². The molecule has 1 fully saturated rings. The third kappa shape index (κ3) is 7.06. The second-order valence-corrected chi connectivity index (χ2v) is 8.45. The van der Waals surface area contributed by atoms with Gasteiger partial charge < -0.3 is 14.4 Å². The third-order valence-electron chi connectivity index (χ3n) is 5.99. The number of benzene rings is 1. The van der Waals surface area contributed by atoms with Crippen molar-refractivity contribution in [3.05, 3.63) is 65.5 Å². The summed E-state index contributed by atoms with van der Waals surface area (Å²) in [4.78, 5) is 42.6. The Kier molecular flexibility index (Phi) is 8.85. The molecule has 2 atom stereocenters. The number of aldehydes is 1. The van der Waals surface area contributed by atoms with Crippen molar-refractivity contribution in [1.29, 1.82) is 5.26 Å². The normalized spacial score (nSPS) is 15.9. The van der Waals surface area contributed by atoms with Gasteiger partial charge >= 0.3 is 0 Å². The summed E-state index contributed by atoms with van der Waals surface area (Å²) in [6.07, 6.45) is 6.62. The molecule has 172 valence electrons. The molecular formula is C26H29N3O4. The molecule has 7 nitrogen and oxygen atoms in total. The van der Waals surface area contributed by atoms with E-state index in [9.17, 15) is 14.4 Å². The lowest BCUT2D eigenvalue weighted by atomic mass is 9.96. The van der Waals surface area contributed by atoms with Crippen LogP contribution in [0.25, 0.3) is 0 Å². The Morgan fingerprint density at radius 1 is 1.18 bits per heavy atom. The van der Waals surface area contributed by atoms with Crippen LogP contribution in [0.2, 0.25) is 0 Å². The SMILES string of the molecule is CC(CC(=O)c1ccc(C#N)cc1)C(=O)N1CCC(OC(C=O)CCc2ccncc2)CC1. The van der Waals surface area contributed by atoms with Crippen LogP contribution in [0, 0.1) is 17.2 Å². The van der Waals surface area contributed by atoms with Crippen LogP contribution in [0.15, 0.2) is 48.8 Å². The zero-order chi connectivity index (χ0) is 23.6. The Labute approximate surface area is 194 Å². The Bertz CT molecular complexity index is 977. The van der Waals surface area contributed by atoms with Crippen LogP contribution in [0.3, 0.4) is 0 Å².